The molecule has 0 aromatic heterocycles. The highest BCUT2D eigenvalue weighted by atomic mass is 16.5. The smallest absolute Gasteiger partial charge is 0.122 e. The lowest BCUT2D eigenvalue weighted by Crippen LogP contribution is -2.42. The number of rotatable bonds is 6. The number of benzene rings is 1. The molecule has 1 aromatic rings. The van der Waals surface area contributed by atoms with Gasteiger partial charge in [0.2, 0.25) is 0 Å². The highest BCUT2D eigenvalue weighted by Gasteiger charge is 2.15. The van der Waals surface area contributed by atoms with Crippen LogP contribution in [-0.2, 0) is 12.8 Å². The summed E-state index contributed by atoms with van der Waals surface area (Å²) in [6.07, 6.45) is 3.11. The van der Waals surface area contributed by atoms with E-state index >= 15 is 0 Å². The molecule has 0 saturated carbocycles. The van der Waals surface area contributed by atoms with Crippen LogP contribution < -0.4 is 15.8 Å². The monoisotopic (exact) mass is 248 g/mol. The Morgan fingerprint density at radius 3 is 3.00 bits per heavy atom. The molecule has 1 aliphatic rings. The van der Waals surface area contributed by atoms with Crippen LogP contribution in [0.1, 0.15) is 31.4 Å². The van der Waals surface area contributed by atoms with Gasteiger partial charge in [-0.2, -0.15) is 0 Å². The molecule has 2 rings (SSSR count). The van der Waals surface area contributed by atoms with Crippen molar-refractivity contribution in [3.05, 3.63) is 29.3 Å². The highest BCUT2D eigenvalue weighted by Crippen LogP contribution is 2.25. The summed E-state index contributed by atoms with van der Waals surface area (Å²) in [6, 6.07) is 6.55. The first-order valence-corrected chi connectivity index (χ1v) is 6.80. The molecular weight excluding hydrogens is 224 g/mol. The van der Waals surface area contributed by atoms with Gasteiger partial charge in [0.15, 0.2) is 0 Å². The van der Waals surface area contributed by atoms with Crippen LogP contribution in [0.2, 0.25) is 0 Å². The van der Waals surface area contributed by atoms with E-state index in [1.54, 1.807) is 0 Å². The van der Waals surface area contributed by atoms with Crippen molar-refractivity contribution in [2.75, 3.05) is 19.7 Å². The quantitative estimate of drug-likeness (QED) is 0.808. The first-order chi connectivity index (χ1) is 8.61. The van der Waals surface area contributed by atoms with Gasteiger partial charge in [-0.05, 0) is 57.0 Å². The predicted molar refractivity (Wildman–Crippen MR) is 75.1 cm³/mol. The Labute approximate surface area is 110 Å². The SMILES string of the molecule is CC(C)(CCN)NCCc1ccc2c(c1)CCO2. The van der Waals surface area contributed by atoms with E-state index in [-0.39, 0.29) is 5.54 Å². The van der Waals surface area contributed by atoms with Crippen LogP contribution in [-0.4, -0.2) is 25.2 Å². The van der Waals surface area contributed by atoms with Crippen LogP contribution in [0.4, 0.5) is 0 Å². The van der Waals surface area contributed by atoms with E-state index in [9.17, 15) is 0 Å². The van der Waals surface area contributed by atoms with Gasteiger partial charge in [-0.1, -0.05) is 12.1 Å². The van der Waals surface area contributed by atoms with Gasteiger partial charge < -0.3 is 15.8 Å². The van der Waals surface area contributed by atoms with E-state index in [1.165, 1.54) is 11.1 Å². The fourth-order valence-corrected chi connectivity index (χ4v) is 2.39. The normalized spacial score (nSPS) is 14.4. The lowest BCUT2D eigenvalue weighted by molar-refractivity contribution is 0.356. The van der Waals surface area contributed by atoms with Crippen molar-refractivity contribution in [1.29, 1.82) is 0 Å². The van der Waals surface area contributed by atoms with Crippen molar-refractivity contribution in [2.24, 2.45) is 5.73 Å². The molecule has 0 bridgehead atoms. The third-order valence-electron chi connectivity index (χ3n) is 3.54. The molecule has 1 heterocycles. The summed E-state index contributed by atoms with van der Waals surface area (Å²) in [4.78, 5) is 0. The average Bonchev–Trinajstić information content (AvgIpc) is 2.75. The van der Waals surface area contributed by atoms with Crippen molar-refractivity contribution in [3.8, 4) is 5.75 Å². The van der Waals surface area contributed by atoms with Crippen LogP contribution in [0.25, 0.3) is 0 Å². The molecule has 1 aliphatic heterocycles. The molecule has 0 unspecified atom stereocenters. The molecule has 0 spiro atoms. The molecule has 0 radical (unpaired) electrons. The largest absolute Gasteiger partial charge is 0.493 e. The number of fused-ring (bicyclic) bond motifs is 1. The molecular formula is C15H24N2O. The summed E-state index contributed by atoms with van der Waals surface area (Å²) in [6.45, 7) is 6.97. The maximum absolute atomic E-state index is 5.61. The van der Waals surface area contributed by atoms with Crippen molar-refractivity contribution >= 4 is 0 Å². The summed E-state index contributed by atoms with van der Waals surface area (Å²) in [5.74, 6) is 1.06. The van der Waals surface area contributed by atoms with Gasteiger partial charge in [0, 0.05) is 12.0 Å². The Kier molecular flexibility index (Phi) is 4.25. The number of nitrogens with one attached hydrogen (secondary N) is 1. The molecule has 3 heteroatoms. The van der Waals surface area contributed by atoms with Crippen LogP contribution in [0.3, 0.4) is 0 Å². The number of hydrogen-bond acceptors (Lipinski definition) is 3. The minimum atomic E-state index is 0.134. The molecule has 0 aliphatic carbocycles. The summed E-state index contributed by atoms with van der Waals surface area (Å²) in [5, 5.41) is 3.56. The summed E-state index contributed by atoms with van der Waals surface area (Å²) >= 11 is 0. The molecule has 0 saturated heterocycles. The summed E-state index contributed by atoms with van der Waals surface area (Å²) < 4.78 is 5.51. The fraction of sp³-hybridized carbons (Fsp3) is 0.600. The molecule has 0 atom stereocenters. The standard InChI is InChI=1S/C15H24N2O/c1-15(2,7-8-16)17-9-5-12-3-4-14-13(11-12)6-10-18-14/h3-4,11,17H,5-10,16H2,1-2H3. The van der Waals surface area contributed by atoms with E-state index in [1.807, 2.05) is 0 Å². The topological polar surface area (TPSA) is 47.3 Å². The second-order valence-electron chi connectivity index (χ2n) is 5.64. The number of hydrogen-bond donors (Lipinski definition) is 2. The van der Waals surface area contributed by atoms with Crippen LogP contribution in [0, 0.1) is 0 Å². The Hall–Kier alpha value is -1.06. The third-order valence-corrected chi connectivity index (χ3v) is 3.54. The van der Waals surface area contributed by atoms with Crippen LogP contribution >= 0.6 is 0 Å². The first-order valence-electron chi connectivity index (χ1n) is 6.80. The molecule has 100 valence electrons. The van der Waals surface area contributed by atoms with E-state index < -0.39 is 0 Å². The summed E-state index contributed by atoms with van der Waals surface area (Å²) in [7, 11) is 0. The predicted octanol–water partition coefficient (Wildman–Crippen LogP) is 1.88. The van der Waals surface area contributed by atoms with Crippen molar-refractivity contribution in [3.63, 3.8) is 0 Å². The van der Waals surface area contributed by atoms with Crippen molar-refractivity contribution in [2.45, 2.75) is 38.6 Å². The van der Waals surface area contributed by atoms with E-state index in [2.05, 4.69) is 37.4 Å². The van der Waals surface area contributed by atoms with Gasteiger partial charge in [0.1, 0.15) is 5.75 Å². The van der Waals surface area contributed by atoms with Gasteiger partial charge in [-0.25, -0.2) is 0 Å². The zero-order valence-corrected chi connectivity index (χ0v) is 11.5. The van der Waals surface area contributed by atoms with Gasteiger partial charge >= 0.3 is 0 Å². The molecule has 3 nitrogen and oxygen atoms in total. The second kappa shape index (κ2) is 5.72. The second-order valence-corrected chi connectivity index (χ2v) is 5.64. The van der Waals surface area contributed by atoms with Crippen LogP contribution in [0.5, 0.6) is 5.75 Å². The Morgan fingerprint density at radius 2 is 2.22 bits per heavy atom. The molecule has 18 heavy (non-hydrogen) atoms. The third kappa shape index (κ3) is 3.47. The van der Waals surface area contributed by atoms with Gasteiger partial charge in [0.05, 0.1) is 6.61 Å². The zero-order valence-electron chi connectivity index (χ0n) is 11.5. The lowest BCUT2D eigenvalue weighted by Gasteiger charge is -2.25. The first kappa shape index (κ1) is 13.4. The Morgan fingerprint density at radius 1 is 1.39 bits per heavy atom. The number of nitrogens with two attached hydrogens (primary N) is 1. The maximum atomic E-state index is 5.61. The van der Waals surface area contributed by atoms with E-state index in [0.717, 1.165) is 44.7 Å². The summed E-state index contributed by atoms with van der Waals surface area (Å²) in [5.41, 5.74) is 8.48. The van der Waals surface area contributed by atoms with Gasteiger partial charge in [-0.3, -0.25) is 0 Å². The lowest BCUT2D eigenvalue weighted by atomic mass is 10.00. The van der Waals surface area contributed by atoms with E-state index in [4.69, 9.17) is 10.5 Å². The highest BCUT2D eigenvalue weighted by molar-refractivity contribution is 5.39. The van der Waals surface area contributed by atoms with Crippen molar-refractivity contribution < 1.29 is 4.74 Å². The molecule has 0 fully saturated rings. The minimum Gasteiger partial charge on any atom is -0.493 e. The van der Waals surface area contributed by atoms with Gasteiger partial charge in [0.25, 0.3) is 0 Å². The average molecular weight is 248 g/mol. The Balaban J connectivity index is 1.84. The molecule has 0 amide bonds. The number of ether oxygens (including phenoxy) is 1. The van der Waals surface area contributed by atoms with Crippen LogP contribution in [0.15, 0.2) is 18.2 Å². The maximum Gasteiger partial charge on any atom is 0.122 e. The van der Waals surface area contributed by atoms with Crippen molar-refractivity contribution in [1.82, 2.24) is 5.32 Å². The Bertz CT molecular complexity index is 401. The molecule has 1 aromatic carbocycles. The fourth-order valence-electron chi connectivity index (χ4n) is 2.39. The molecule has 3 N–H and O–H groups in total. The van der Waals surface area contributed by atoms with Gasteiger partial charge in [-0.15, -0.1) is 0 Å². The zero-order chi connectivity index (χ0) is 13.0. The van der Waals surface area contributed by atoms with E-state index in [0.29, 0.717) is 0 Å². The minimum absolute atomic E-state index is 0.134.